The maximum absolute atomic E-state index is 12.7. The zero-order chi connectivity index (χ0) is 17.3. The molecule has 0 spiro atoms. The van der Waals surface area contributed by atoms with Crippen LogP contribution in [0.15, 0.2) is 29.2 Å². The Kier molecular flexibility index (Phi) is 4.12. The molecule has 0 aromatic carbocycles. The fraction of sp³-hybridized carbons (Fsp3) is 0.429. The molecule has 0 bridgehead atoms. The van der Waals surface area contributed by atoms with Crippen LogP contribution in [0.1, 0.15) is 5.69 Å². The molecule has 2 aromatic rings. The van der Waals surface area contributed by atoms with Crippen LogP contribution >= 0.6 is 0 Å². The molecule has 10 heteroatoms. The Morgan fingerprint density at radius 3 is 2.33 bits per heavy atom. The quantitative estimate of drug-likeness (QED) is 0.810. The van der Waals surface area contributed by atoms with Crippen LogP contribution in [0.4, 0.5) is 24.9 Å². The van der Waals surface area contributed by atoms with Gasteiger partial charge in [0.1, 0.15) is 11.5 Å². The molecule has 0 atom stereocenters. The van der Waals surface area contributed by atoms with Crippen molar-refractivity contribution in [2.75, 3.05) is 36.0 Å². The van der Waals surface area contributed by atoms with Crippen molar-refractivity contribution >= 4 is 11.8 Å². The Balaban J connectivity index is 1.71. The van der Waals surface area contributed by atoms with Gasteiger partial charge in [0.15, 0.2) is 0 Å². The van der Waals surface area contributed by atoms with E-state index in [1.807, 2.05) is 4.90 Å². The van der Waals surface area contributed by atoms with Crippen LogP contribution in [0.25, 0.3) is 0 Å². The SMILES string of the molecule is Cn1nc(N2CCN(c3nccc(C(F)(F)F)n3)CC2)ccc1=O. The van der Waals surface area contributed by atoms with E-state index in [1.54, 1.807) is 18.0 Å². The number of anilines is 2. The van der Waals surface area contributed by atoms with Gasteiger partial charge >= 0.3 is 6.18 Å². The van der Waals surface area contributed by atoms with Gasteiger partial charge in [0.25, 0.3) is 5.56 Å². The highest BCUT2D eigenvalue weighted by Crippen LogP contribution is 2.28. The maximum atomic E-state index is 12.7. The molecule has 1 fully saturated rings. The fourth-order valence-corrected chi connectivity index (χ4v) is 2.45. The van der Waals surface area contributed by atoms with Crippen molar-refractivity contribution in [3.8, 4) is 0 Å². The third kappa shape index (κ3) is 3.31. The summed E-state index contributed by atoms with van der Waals surface area (Å²) in [5.41, 5.74) is -1.15. The highest BCUT2D eigenvalue weighted by Gasteiger charge is 2.33. The second-order valence-electron chi connectivity index (χ2n) is 5.37. The fourth-order valence-electron chi connectivity index (χ4n) is 2.45. The minimum atomic E-state index is -4.49. The number of alkyl halides is 3. The summed E-state index contributed by atoms with van der Waals surface area (Å²) in [5.74, 6) is 0.722. The average molecular weight is 340 g/mol. The highest BCUT2D eigenvalue weighted by atomic mass is 19.4. The molecule has 3 rings (SSSR count). The van der Waals surface area contributed by atoms with Crippen LogP contribution in [0.3, 0.4) is 0 Å². The van der Waals surface area contributed by atoms with Crippen molar-refractivity contribution in [1.29, 1.82) is 0 Å². The first kappa shape index (κ1) is 16.2. The van der Waals surface area contributed by atoms with E-state index in [0.29, 0.717) is 32.0 Å². The molecular formula is C14H15F3N6O. The van der Waals surface area contributed by atoms with Gasteiger partial charge < -0.3 is 9.80 Å². The summed E-state index contributed by atoms with van der Waals surface area (Å²) in [5, 5.41) is 4.17. The van der Waals surface area contributed by atoms with E-state index < -0.39 is 11.9 Å². The molecule has 1 aliphatic rings. The van der Waals surface area contributed by atoms with Gasteiger partial charge in [0, 0.05) is 45.5 Å². The highest BCUT2D eigenvalue weighted by molar-refractivity contribution is 5.41. The van der Waals surface area contributed by atoms with E-state index in [0.717, 1.165) is 12.3 Å². The van der Waals surface area contributed by atoms with Crippen molar-refractivity contribution in [3.05, 3.63) is 40.4 Å². The molecule has 0 radical (unpaired) electrons. The molecule has 7 nitrogen and oxygen atoms in total. The standard InChI is InChI=1S/C14H15F3N6O/c1-21-12(24)3-2-11(20-21)22-6-8-23(9-7-22)13-18-5-4-10(19-13)14(15,16)17/h2-5H,6-9H2,1H3. The molecule has 1 aliphatic heterocycles. The van der Waals surface area contributed by atoms with Gasteiger partial charge in [-0.15, -0.1) is 0 Å². The summed E-state index contributed by atoms with van der Waals surface area (Å²) < 4.78 is 39.5. The van der Waals surface area contributed by atoms with Gasteiger partial charge in [0.05, 0.1) is 0 Å². The zero-order valence-corrected chi connectivity index (χ0v) is 12.9. The van der Waals surface area contributed by atoms with Crippen molar-refractivity contribution in [2.45, 2.75) is 6.18 Å². The Labute approximate surface area is 135 Å². The Morgan fingerprint density at radius 2 is 1.71 bits per heavy atom. The molecule has 0 aliphatic carbocycles. The number of hydrogen-bond acceptors (Lipinski definition) is 6. The van der Waals surface area contributed by atoms with Gasteiger partial charge in [-0.1, -0.05) is 0 Å². The lowest BCUT2D eigenvalue weighted by atomic mass is 10.3. The number of halogens is 3. The first-order chi connectivity index (χ1) is 11.3. The number of aromatic nitrogens is 4. The van der Waals surface area contributed by atoms with Crippen LogP contribution < -0.4 is 15.4 Å². The van der Waals surface area contributed by atoms with E-state index in [1.165, 1.54) is 10.7 Å². The minimum absolute atomic E-state index is 0.0675. The molecule has 2 aromatic heterocycles. The van der Waals surface area contributed by atoms with Gasteiger partial charge in [-0.05, 0) is 12.1 Å². The first-order valence-corrected chi connectivity index (χ1v) is 7.29. The largest absolute Gasteiger partial charge is 0.433 e. The Morgan fingerprint density at radius 1 is 1.04 bits per heavy atom. The van der Waals surface area contributed by atoms with Crippen LogP contribution in [0, 0.1) is 0 Å². The lowest BCUT2D eigenvalue weighted by Gasteiger charge is -2.35. The number of piperazine rings is 1. The second-order valence-corrected chi connectivity index (χ2v) is 5.37. The molecule has 0 unspecified atom stereocenters. The summed E-state index contributed by atoms with van der Waals surface area (Å²) in [6.07, 6.45) is -3.37. The van der Waals surface area contributed by atoms with Crippen LogP contribution in [0.2, 0.25) is 0 Å². The van der Waals surface area contributed by atoms with Crippen molar-refractivity contribution < 1.29 is 13.2 Å². The molecule has 1 saturated heterocycles. The van der Waals surface area contributed by atoms with Gasteiger partial charge in [-0.3, -0.25) is 4.79 Å². The molecule has 24 heavy (non-hydrogen) atoms. The number of aryl methyl sites for hydroxylation is 1. The predicted molar refractivity (Wildman–Crippen MR) is 80.9 cm³/mol. The van der Waals surface area contributed by atoms with E-state index >= 15 is 0 Å². The maximum Gasteiger partial charge on any atom is 0.433 e. The minimum Gasteiger partial charge on any atom is -0.352 e. The second kappa shape index (κ2) is 6.10. The predicted octanol–water partition coefficient (Wildman–Crippen LogP) is 0.916. The van der Waals surface area contributed by atoms with E-state index in [2.05, 4.69) is 15.1 Å². The van der Waals surface area contributed by atoms with E-state index in [9.17, 15) is 18.0 Å². The summed E-state index contributed by atoms with van der Waals surface area (Å²) in [6.45, 7) is 2.02. The third-order valence-electron chi connectivity index (χ3n) is 3.77. The Bertz CT molecular complexity index is 783. The molecule has 0 amide bonds. The molecule has 0 saturated carbocycles. The van der Waals surface area contributed by atoms with Crippen LogP contribution in [0.5, 0.6) is 0 Å². The summed E-state index contributed by atoms with van der Waals surface area (Å²) in [4.78, 5) is 22.6. The molecule has 0 N–H and O–H groups in total. The first-order valence-electron chi connectivity index (χ1n) is 7.29. The Hall–Kier alpha value is -2.65. The van der Waals surface area contributed by atoms with Crippen molar-refractivity contribution in [2.24, 2.45) is 7.05 Å². The van der Waals surface area contributed by atoms with Gasteiger partial charge in [-0.2, -0.15) is 18.3 Å². The molecule has 128 valence electrons. The smallest absolute Gasteiger partial charge is 0.352 e. The van der Waals surface area contributed by atoms with Crippen molar-refractivity contribution in [1.82, 2.24) is 19.7 Å². The summed E-state index contributed by atoms with van der Waals surface area (Å²) >= 11 is 0. The normalized spacial score (nSPS) is 15.7. The van der Waals surface area contributed by atoms with Gasteiger partial charge in [0.2, 0.25) is 5.95 Å². The molecular weight excluding hydrogens is 325 g/mol. The lowest BCUT2D eigenvalue weighted by molar-refractivity contribution is -0.141. The van der Waals surface area contributed by atoms with Gasteiger partial charge in [-0.25, -0.2) is 14.6 Å². The monoisotopic (exact) mass is 340 g/mol. The number of hydrogen-bond donors (Lipinski definition) is 0. The number of nitrogens with zero attached hydrogens (tertiary/aromatic N) is 6. The van der Waals surface area contributed by atoms with Crippen LogP contribution in [-0.2, 0) is 13.2 Å². The third-order valence-corrected chi connectivity index (χ3v) is 3.77. The topological polar surface area (TPSA) is 67.2 Å². The summed E-state index contributed by atoms with van der Waals surface area (Å²) in [6, 6.07) is 3.93. The zero-order valence-electron chi connectivity index (χ0n) is 12.9. The molecule has 3 heterocycles. The van der Waals surface area contributed by atoms with Crippen LogP contribution in [-0.4, -0.2) is 45.9 Å². The van der Waals surface area contributed by atoms with Crippen molar-refractivity contribution in [3.63, 3.8) is 0 Å². The summed E-state index contributed by atoms with van der Waals surface area (Å²) in [7, 11) is 1.57. The van der Waals surface area contributed by atoms with E-state index in [4.69, 9.17) is 0 Å². The average Bonchev–Trinajstić information content (AvgIpc) is 2.57. The lowest BCUT2D eigenvalue weighted by Crippen LogP contribution is -2.47. The van der Waals surface area contributed by atoms with E-state index in [-0.39, 0.29) is 11.5 Å². The number of rotatable bonds is 2.